The minimum atomic E-state index is -0.555. The molecule has 0 aromatic heterocycles. The highest BCUT2D eigenvalue weighted by atomic mass is 32.2. The maximum absolute atomic E-state index is 11.8. The van der Waals surface area contributed by atoms with E-state index in [1.54, 1.807) is 11.8 Å². The first-order chi connectivity index (χ1) is 8.04. The summed E-state index contributed by atoms with van der Waals surface area (Å²) in [6.07, 6.45) is 4.09. The Hall–Kier alpha value is -0.910. The van der Waals surface area contributed by atoms with Crippen molar-refractivity contribution in [2.45, 2.75) is 26.7 Å². The van der Waals surface area contributed by atoms with Gasteiger partial charge in [0.1, 0.15) is 5.92 Å². The second-order valence-electron chi connectivity index (χ2n) is 4.24. The van der Waals surface area contributed by atoms with Crippen LogP contribution in [0.4, 0.5) is 0 Å². The van der Waals surface area contributed by atoms with Gasteiger partial charge in [-0.05, 0) is 30.8 Å². The lowest BCUT2D eigenvalue weighted by Gasteiger charge is -2.18. The molecule has 0 radical (unpaired) electrons. The first kappa shape index (κ1) is 16.1. The van der Waals surface area contributed by atoms with Gasteiger partial charge >= 0.3 is 0 Å². The Morgan fingerprint density at radius 1 is 1.47 bits per heavy atom. The zero-order chi connectivity index (χ0) is 13.3. The first-order valence-electron chi connectivity index (χ1n) is 5.78. The van der Waals surface area contributed by atoms with Crippen molar-refractivity contribution in [3.8, 4) is 0 Å². The number of carbonyl (C=O) groups excluding carboxylic acids is 1. The topological polar surface area (TPSA) is 87.7 Å². The number of nitrogens with two attached hydrogens (primary N) is 1. The predicted octanol–water partition coefficient (Wildman–Crippen LogP) is 1.26. The van der Waals surface area contributed by atoms with Crippen molar-refractivity contribution in [1.29, 1.82) is 0 Å². The van der Waals surface area contributed by atoms with Gasteiger partial charge in [-0.3, -0.25) is 4.79 Å². The number of amidine groups is 1. The SMILES string of the molecule is CSCCCCNC(=O)C(C(N)=NO)C(C)C. The largest absolute Gasteiger partial charge is 0.409 e. The van der Waals surface area contributed by atoms with E-state index < -0.39 is 5.92 Å². The second-order valence-corrected chi connectivity index (χ2v) is 5.22. The minimum absolute atomic E-state index is 0.0112. The predicted molar refractivity (Wildman–Crippen MR) is 72.4 cm³/mol. The summed E-state index contributed by atoms with van der Waals surface area (Å²) in [6, 6.07) is 0. The Morgan fingerprint density at radius 3 is 2.59 bits per heavy atom. The van der Waals surface area contributed by atoms with Gasteiger partial charge in [0.25, 0.3) is 0 Å². The summed E-state index contributed by atoms with van der Waals surface area (Å²) >= 11 is 1.80. The molecule has 1 atom stereocenters. The van der Waals surface area contributed by atoms with Crippen molar-refractivity contribution in [2.75, 3.05) is 18.6 Å². The summed E-state index contributed by atoms with van der Waals surface area (Å²) in [5.41, 5.74) is 5.51. The van der Waals surface area contributed by atoms with E-state index in [1.807, 2.05) is 13.8 Å². The summed E-state index contributed by atoms with van der Waals surface area (Å²) in [6.45, 7) is 4.38. The molecular weight excluding hydrogens is 238 g/mol. The fourth-order valence-corrected chi connectivity index (χ4v) is 2.03. The summed E-state index contributed by atoms with van der Waals surface area (Å²) in [4.78, 5) is 11.8. The van der Waals surface area contributed by atoms with Crippen LogP contribution >= 0.6 is 11.8 Å². The van der Waals surface area contributed by atoms with Gasteiger partial charge in [0.2, 0.25) is 5.91 Å². The van der Waals surface area contributed by atoms with Crippen LogP contribution in [0.25, 0.3) is 0 Å². The van der Waals surface area contributed by atoms with Crippen molar-refractivity contribution in [3.63, 3.8) is 0 Å². The first-order valence-corrected chi connectivity index (χ1v) is 7.18. The molecule has 0 aliphatic heterocycles. The average molecular weight is 261 g/mol. The maximum Gasteiger partial charge on any atom is 0.231 e. The van der Waals surface area contributed by atoms with Crippen molar-refractivity contribution < 1.29 is 10.0 Å². The summed E-state index contributed by atoms with van der Waals surface area (Å²) < 4.78 is 0. The van der Waals surface area contributed by atoms with Crippen LogP contribution in [-0.2, 0) is 4.79 Å². The van der Waals surface area contributed by atoms with Crippen LogP contribution in [0.2, 0.25) is 0 Å². The van der Waals surface area contributed by atoms with Crippen molar-refractivity contribution >= 4 is 23.5 Å². The number of nitrogens with one attached hydrogen (secondary N) is 1. The molecule has 5 nitrogen and oxygen atoms in total. The number of unbranched alkanes of at least 4 members (excludes halogenated alkanes) is 1. The molecule has 0 saturated heterocycles. The normalized spacial score (nSPS) is 13.8. The molecule has 17 heavy (non-hydrogen) atoms. The lowest BCUT2D eigenvalue weighted by molar-refractivity contribution is -0.124. The number of carbonyl (C=O) groups is 1. The van der Waals surface area contributed by atoms with E-state index in [-0.39, 0.29) is 17.7 Å². The minimum Gasteiger partial charge on any atom is -0.409 e. The Labute approximate surface area is 107 Å². The van der Waals surface area contributed by atoms with Gasteiger partial charge in [-0.2, -0.15) is 11.8 Å². The maximum atomic E-state index is 11.8. The highest BCUT2D eigenvalue weighted by molar-refractivity contribution is 7.98. The summed E-state index contributed by atoms with van der Waals surface area (Å²) in [7, 11) is 0. The van der Waals surface area contributed by atoms with E-state index in [0.29, 0.717) is 6.54 Å². The molecular formula is C11H23N3O2S. The molecule has 0 aliphatic rings. The molecule has 0 saturated carbocycles. The van der Waals surface area contributed by atoms with Crippen LogP contribution in [0.5, 0.6) is 0 Å². The number of thioether (sulfide) groups is 1. The van der Waals surface area contributed by atoms with Crippen LogP contribution < -0.4 is 11.1 Å². The van der Waals surface area contributed by atoms with Gasteiger partial charge in [0, 0.05) is 6.54 Å². The summed E-state index contributed by atoms with van der Waals surface area (Å²) in [5, 5.41) is 14.4. The Kier molecular flexibility index (Phi) is 8.66. The molecule has 1 unspecified atom stereocenters. The molecule has 6 heteroatoms. The molecule has 0 aliphatic carbocycles. The highest BCUT2D eigenvalue weighted by Gasteiger charge is 2.26. The van der Waals surface area contributed by atoms with Crippen LogP contribution in [0, 0.1) is 11.8 Å². The van der Waals surface area contributed by atoms with Gasteiger partial charge < -0.3 is 16.3 Å². The third-order valence-electron chi connectivity index (χ3n) is 2.46. The van der Waals surface area contributed by atoms with Crippen molar-refractivity contribution in [2.24, 2.45) is 22.7 Å². The van der Waals surface area contributed by atoms with Gasteiger partial charge in [-0.1, -0.05) is 19.0 Å². The fraction of sp³-hybridized carbons (Fsp3) is 0.818. The van der Waals surface area contributed by atoms with Gasteiger partial charge in [-0.15, -0.1) is 0 Å². The van der Waals surface area contributed by atoms with Crippen LogP contribution in [-0.4, -0.2) is 35.5 Å². The smallest absolute Gasteiger partial charge is 0.231 e. The zero-order valence-corrected chi connectivity index (χ0v) is 11.6. The number of oxime groups is 1. The molecule has 100 valence electrons. The van der Waals surface area contributed by atoms with Gasteiger partial charge in [0.15, 0.2) is 5.84 Å². The standard InChI is InChI=1S/C11H23N3O2S/c1-8(2)9(10(12)14-16)11(15)13-6-4-5-7-17-3/h8-9,16H,4-7H2,1-3H3,(H2,12,14)(H,13,15). The quantitative estimate of drug-likeness (QED) is 0.202. The summed E-state index contributed by atoms with van der Waals surface area (Å²) in [5.74, 6) is 0.364. The molecule has 0 heterocycles. The van der Waals surface area contributed by atoms with Crippen LogP contribution in [0.1, 0.15) is 26.7 Å². The van der Waals surface area contributed by atoms with Gasteiger partial charge in [0.05, 0.1) is 0 Å². The molecule has 0 aromatic carbocycles. The van der Waals surface area contributed by atoms with E-state index in [1.165, 1.54) is 0 Å². The van der Waals surface area contributed by atoms with Crippen LogP contribution in [0.15, 0.2) is 5.16 Å². The molecule has 0 aromatic rings. The number of rotatable bonds is 8. The van der Waals surface area contributed by atoms with Gasteiger partial charge in [-0.25, -0.2) is 0 Å². The number of hydrogen-bond donors (Lipinski definition) is 3. The lowest BCUT2D eigenvalue weighted by atomic mass is 9.94. The fourth-order valence-electron chi connectivity index (χ4n) is 1.53. The molecule has 0 bridgehead atoms. The highest BCUT2D eigenvalue weighted by Crippen LogP contribution is 2.11. The number of amides is 1. The van der Waals surface area contributed by atoms with E-state index in [0.717, 1.165) is 18.6 Å². The monoisotopic (exact) mass is 261 g/mol. The third-order valence-corrected chi connectivity index (χ3v) is 3.15. The molecule has 0 fully saturated rings. The van der Waals surface area contributed by atoms with Crippen LogP contribution in [0.3, 0.4) is 0 Å². The molecule has 0 spiro atoms. The Morgan fingerprint density at radius 2 is 2.12 bits per heavy atom. The Bertz CT molecular complexity index is 257. The van der Waals surface area contributed by atoms with Crippen molar-refractivity contribution in [3.05, 3.63) is 0 Å². The lowest BCUT2D eigenvalue weighted by Crippen LogP contribution is -2.42. The van der Waals surface area contributed by atoms with E-state index in [2.05, 4.69) is 16.7 Å². The van der Waals surface area contributed by atoms with E-state index in [4.69, 9.17) is 10.9 Å². The average Bonchev–Trinajstić information content (AvgIpc) is 2.28. The van der Waals surface area contributed by atoms with E-state index >= 15 is 0 Å². The number of hydrogen-bond acceptors (Lipinski definition) is 4. The van der Waals surface area contributed by atoms with E-state index in [9.17, 15) is 4.79 Å². The third kappa shape index (κ3) is 6.41. The van der Waals surface area contributed by atoms with Crippen molar-refractivity contribution in [1.82, 2.24) is 5.32 Å². The Balaban J connectivity index is 4.08. The zero-order valence-electron chi connectivity index (χ0n) is 10.8. The number of nitrogens with zero attached hydrogens (tertiary/aromatic N) is 1. The molecule has 4 N–H and O–H groups in total. The molecule has 0 rings (SSSR count). The molecule has 1 amide bonds. The second kappa shape index (κ2) is 9.15.